The molecule has 0 bridgehead atoms. The Morgan fingerprint density at radius 3 is 2.19 bits per heavy atom. The molecule has 0 saturated carbocycles. The van der Waals surface area contributed by atoms with Crippen molar-refractivity contribution >= 4 is 5.91 Å². The number of likely N-dealkylation sites (tertiary alicyclic amines) is 1. The molecule has 1 aliphatic rings. The second-order valence-corrected chi connectivity index (χ2v) is 9.85. The molecule has 196 valence electrons. The minimum Gasteiger partial charge on any atom is -0.351 e. The molecule has 1 saturated heterocycles. The molecule has 4 nitrogen and oxygen atoms in total. The monoisotopic (exact) mass is 509 g/mol. The average molecular weight is 510 g/mol. The smallest absolute Gasteiger partial charge is 0.328 e. The molecular formula is C30H34F3N3O. The maximum absolute atomic E-state index is 14.2. The number of carbonyl (C=O) groups is 1. The molecule has 37 heavy (non-hydrogen) atoms. The van der Waals surface area contributed by atoms with Gasteiger partial charge in [-0.15, -0.1) is 0 Å². The number of piperidine rings is 1. The van der Waals surface area contributed by atoms with Crippen molar-refractivity contribution in [2.24, 2.45) is 5.92 Å². The molecule has 0 aliphatic carbocycles. The summed E-state index contributed by atoms with van der Waals surface area (Å²) in [5, 5.41) is 2.34. The van der Waals surface area contributed by atoms with E-state index in [9.17, 15) is 18.0 Å². The second kappa shape index (κ2) is 12.9. The molecule has 0 spiro atoms. The SMILES string of the molecule is O=C(NCCCCC1CCN(C(c2ccccc2)c2ccccc2)CC1)C(F)(F)Cc1cncc(F)c1. The van der Waals surface area contributed by atoms with E-state index in [2.05, 4.69) is 63.7 Å². The molecule has 1 N–H and O–H groups in total. The zero-order chi connectivity index (χ0) is 26.1. The van der Waals surface area contributed by atoms with Crippen molar-refractivity contribution in [2.45, 2.75) is 50.5 Å². The van der Waals surface area contributed by atoms with E-state index in [1.165, 1.54) is 11.1 Å². The predicted octanol–water partition coefficient (Wildman–Crippen LogP) is 6.19. The lowest BCUT2D eigenvalue weighted by Gasteiger charge is -2.38. The van der Waals surface area contributed by atoms with Crippen LogP contribution in [-0.2, 0) is 11.2 Å². The van der Waals surface area contributed by atoms with Gasteiger partial charge in [-0.25, -0.2) is 4.39 Å². The molecule has 4 rings (SSSR count). The van der Waals surface area contributed by atoms with E-state index in [4.69, 9.17) is 0 Å². The van der Waals surface area contributed by atoms with Crippen molar-refractivity contribution in [3.63, 3.8) is 0 Å². The summed E-state index contributed by atoms with van der Waals surface area (Å²) >= 11 is 0. The van der Waals surface area contributed by atoms with Crippen LogP contribution in [0.15, 0.2) is 79.1 Å². The van der Waals surface area contributed by atoms with Crippen molar-refractivity contribution in [1.82, 2.24) is 15.2 Å². The molecule has 0 unspecified atom stereocenters. The second-order valence-electron chi connectivity index (χ2n) is 9.85. The number of amides is 1. The summed E-state index contributed by atoms with van der Waals surface area (Å²) in [6, 6.07) is 22.4. The number of carbonyl (C=O) groups excluding carboxylic acids is 1. The molecule has 1 amide bonds. The van der Waals surface area contributed by atoms with Gasteiger partial charge >= 0.3 is 5.92 Å². The van der Waals surface area contributed by atoms with Crippen LogP contribution in [0, 0.1) is 11.7 Å². The third kappa shape index (κ3) is 7.65. The molecule has 1 fully saturated rings. The number of hydrogen-bond donors (Lipinski definition) is 1. The molecule has 0 radical (unpaired) electrons. The average Bonchev–Trinajstić information content (AvgIpc) is 2.90. The van der Waals surface area contributed by atoms with Gasteiger partial charge < -0.3 is 5.32 Å². The zero-order valence-electron chi connectivity index (χ0n) is 21.0. The largest absolute Gasteiger partial charge is 0.351 e. The van der Waals surface area contributed by atoms with Crippen LogP contribution in [0.2, 0.25) is 0 Å². The Balaban J connectivity index is 1.19. The van der Waals surface area contributed by atoms with Crippen molar-refractivity contribution in [1.29, 1.82) is 0 Å². The minimum atomic E-state index is -3.60. The molecule has 2 aromatic carbocycles. The maximum Gasteiger partial charge on any atom is 0.328 e. The Morgan fingerprint density at radius 2 is 1.59 bits per heavy atom. The minimum absolute atomic E-state index is 0.00624. The molecule has 7 heteroatoms. The van der Waals surface area contributed by atoms with Crippen LogP contribution >= 0.6 is 0 Å². The van der Waals surface area contributed by atoms with Gasteiger partial charge in [0.25, 0.3) is 5.91 Å². The third-order valence-electron chi connectivity index (χ3n) is 7.09. The lowest BCUT2D eigenvalue weighted by molar-refractivity contribution is -0.145. The summed E-state index contributed by atoms with van der Waals surface area (Å²) in [6.45, 7) is 2.23. The highest BCUT2D eigenvalue weighted by molar-refractivity contribution is 5.83. The number of rotatable bonds is 11. The van der Waals surface area contributed by atoms with E-state index in [1.807, 2.05) is 12.1 Å². The third-order valence-corrected chi connectivity index (χ3v) is 7.09. The van der Waals surface area contributed by atoms with Crippen LogP contribution in [-0.4, -0.2) is 41.3 Å². The first-order chi connectivity index (χ1) is 17.9. The van der Waals surface area contributed by atoms with Gasteiger partial charge in [-0.05, 0) is 61.0 Å². The molecule has 2 heterocycles. The van der Waals surface area contributed by atoms with E-state index in [0.29, 0.717) is 12.3 Å². The fraction of sp³-hybridized carbons (Fsp3) is 0.400. The molecule has 1 aliphatic heterocycles. The highest BCUT2D eigenvalue weighted by atomic mass is 19.3. The highest BCUT2D eigenvalue weighted by Crippen LogP contribution is 2.33. The number of hydrogen-bond acceptors (Lipinski definition) is 3. The van der Waals surface area contributed by atoms with Gasteiger partial charge in [-0.2, -0.15) is 8.78 Å². The highest BCUT2D eigenvalue weighted by Gasteiger charge is 2.38. The molecule has 0 atom stereocenters. The number of alkyl halides is 2. The first-order valence-electron chi connectivity index (χ1n) is 13.0. The molecule has 3 aromatic rings. The Labute approximate surface area is 216 Å². The van der Waals surface area contributed by atoms with Crippen LogP contribution in [0.5, 0.6) is 0 Å². The van der Waals surface area contributed by atoms with Crippen molar-refractivity contribution in [3.05, 3.63) is 102 Å². The summed E-state index contributed by atoms with van der Waals surface area (Å²) in [4.78, 5) is 18.1. The number of halogens is 3. The van der Waals surface area contributed by atoms with E-state index < -0.39 is 24.1 Å². The topological polar surface area (TPSA) is 45.2 Å². The maximum atomic E-state index is 14.2. The Hall–Kier alpha value is -3.19. The number of nitrogens with one attached hydrogen (secondary N) is 1. The lowest BCUT2D eigenvalue weighted by atomic mass is 9.88. The summed E-state index contributed by atoms with van der Waals surface area (Å²) in [5.74, 6) is -5.02. The van der Waals surface area contributed by atoms with E-state index in [0.717, 1.165) is 57.2 Å². The summed E-state index contributed by atoms with van der Waals surface area (Å²) < 4.78 is 41.6. The van der Waals surface area contributed by atoms with Crippen LogP contribution in [0.3, 0.4) is 0 Å². The van der Waals surface area contributed by atoms with E-state index in [1.54, 1.807) is 0 Å². The van der Waals surface area contributed by atoms with Crippen LogP contribution in [0.25, 0.3) is 0 Å². The number of pyridine rings is 1. The first kappa shape index (κ1) is 26.9. The number of aromatic nitrogens is 1. The normalized spacial score (nSPS) is 15.1. The summed E-state index contributed by atoms with van der Waals surface area (Å²) in [5.41, 5.74) is 2.59. The first-order valence-corrected chi connectivity index (χ1v) is 13.0. The Bertz CT molecular complexity index is 1080. The number of unbranched alkanes of at least 4 members (excludes halogenated alkanes) is 1. The van der Waals surface area contributed by atoms with Crippen LogP contribution < -0.4 is 5.32 Å². The van der Waals surface area contributed by atoms with Gasteiger partial charge in [-0.1, -0.05) is 73.5 Å². The van der Waals surface area contributed by atoms with Crippen molar-refractivity contribution in [2.75, 3.05) is 19.6 Å². The molecular weight excluding hydrogens is 475 g/mol. The van der Waals surface area contributed by atoms with Gasteiger partial charge in [0, 0.05) is 19.2 Å². The van der Waals surface area contributed by atoms with Crippen molar-refractivity contribution in [3.8, 4) is 0 Å². The predicted molar refractivity (Wildman–Crippen MR) is 139 cm³/mol. The fourth-order valence-corrected chi connectivity index (χ4v) is 5.16. The summed E-state index contributed by atoms with van der Waals surface area (Å²) in [7, 11) is 0. The van der Waals surface area contributed by atoms with E-state index >= 15 is 0 Å². The van der Waals surface area contributed by atoms with Gasteiger partial charge in [-0.3, -0.25) is 14.7 Å². The quantitative estimate of drug-likeness (QED) is 0.314. The van der Waals surface area contributed by atoms with E-state index in [-0.39, 0.29) is 18.2 Å². The van der Waals surface area contributed by atoms with Gasteiger partial charge in [0.05, 0.1) is 12.2 Å². The van der Waals surface area contributed by atoms with Gasteiger partial charge in [0.1, 0.15) is 5.82 Å². The number of benzene rings is 2. The van der Waals surface area contributed by atoms with Gasteiger partial charge in [0.2, 0.25) is 0 Å². The van der Waals surface area contributed by atoms with Crippen molar-refractivity contribution < 1.29 is 18.0 Å². The Kier molecular flexibility index (Phi) is 9.34. The molecule has 1 aromatic heterocycles. The standard InChI is InChI=1S/C30H34F3N3O/c31-27-19-24(21-34-22-27)20-30(32,33)29(37)35-16-8-7-9-23-14-17-36(18-15-23)28(25-10-3-1-4-11-25)26-12-5-2-6-13-26/h1-6,10-13,19,21-23,28H,7-9,14-18,20H2,(H,35,37). The summed E-state index contributed by atoms with van der Waals surface area (Å²) in [6.07, 6.45) is 5.98. The Morgan fingerprint density at radius 1 is 0.973 bits per heavy atom. The number of nitrogens with zero attached hydrogens (tertiary/aromatic N) is 2. The van der Waals surface area contributed by atoms with Gasteiger partial charge in [0.15, 0.2) is 0 Å². The lowest BCUT2D eigenvalue weighted by Crippen LogP contribution is -2.42. The fourth-order valence-electron chi connectivity index (χ4n) is 5.16. The van der Waals surface area contributed by atoms with Crippen LogP contribution in [0.1, 0.15) is 54.8 Å². The van der Waals surface area contributed by atoms with Crippen LogP contribution in [0.4, 0.5) is 13.2 Å². The zero-order valence-corrected chi connectivity index (χ0v) is 21.0.